The number of rotatable bonds is 2. The molecule has 0 radical (unpaired) electrons. The van der Waals surface area contributed by atoms with Gasteiger partial charge in [-0.05, 0) is 51.2 Å². The van der Waals surface area contributed by atoms with E-state index in [1.54, 1.807) is 17.0 Å². The maximum atomic E-state index is 12.2. The van der Waals surface area contributed by atoms with E-state index < -0.39 is 5.60 Å². The molecule has 1 saturated heterocycles. The van der Waals surface area contributed by atoms with E-state index in [2.05, 4.69) is 4.98 Å². The third-order valence-electron chi connectivity index (χ3n) is 4.49. The maximum absolute atomic E-state index is 12.2. The Bertz CT molecular complexity index is 798. The van der Waals surface area contributed by atoms with Crippen molar-refractivity contribution in [3.05, 3.63) is 40.1 Å². The van der Waals surface area contributed by atoms with Gasteiger partial charge in [0, 0.05) is 42.3 Å². The van der Waals surface area contributed by atoms with Crippen molar-refractivity contribution in [2.24, 2.45) is 0 Å². The van der Waals surface area contributed by atoms with Crippen molar-refractivity contribution < 1.29 is 14.5 Å². The summed E-state index contributed by atoms with van der Waals surface area (Å²) in [5.74, 6) is 0.273. The van der Waals surface area contributed by atoms with Crippen LogP contribution in [-0.2, 0) is 4.74 Å². The number of nitrogens with one attached hydrogen (secondary N) is 1. The topological polar surface area (TPSA) is 88.5 Å². The van der Waals surface area contributed by atoms with Gasteiger partial charge in [-0.15, -0.1) is 0 Å². The molecular formula is C18H23N3O4. The van der Waals surface area contributed by atoms with Gasteiger partial charge in [-0.25, -0.2) is 4.79 Å². The number of aromatic amines is 1. The number of piperidine rings is 1. The second-order valence-electron chi connectivity index (χ2n) is 7.47. The third kappa shape index (κ3) is 3.75. The van der Waals surface area contributed by atoms with Crippen LogP contribution in [0.4, 0.5) is 10.5 Å². The number of likely N-dealkylation sites (tertiary alicyclic amines) is 1. The predicted molar refractivity (Wildman–Crippen MR) is 94.7 cm³/mol. The van der Waals surface area contributed by atoms with Crippen LogP contribution in [0.3, 0.4) is 0 Å². The minimum Gasteiger partial charge on any atom is -0.444 e. The fraction of sp³-hybridized carbons (Fsp3) is 0.500. The molecule has 0 spiro atoms. The Labute approximate surface area is 146 Å². The fourth-order valence-electron chi connectivity index (χ4n) is 3.28. The van der Waals surface area contributed by atoms with E-state index in [9.17, 15) is 14.9 Å². The Kier molecular flexibility index (Phi) is 4.41. The van der Waals surface area contributed by atoms with E-state index in [1.807, 2.05) is 27.0 Å². The molecule has 1 aromatic heterocycles. The monoisotopic (exact) mass is 345 g/mol. The van der Waals surface area contributed by atoms with Crippen LogP contribution in [0, 0.1) is 10.1 Å². The van der Waals surface area contributed by atoms with Gasteiger partial charge in [-0.3, -0.25) is 10.1 Å². The molecule has 0 aliphatic carbocycles. The summed E-state index contributed by atoms with van der Waals surface area (Å²) < 4.78 is 5.42. The smallest absolute Gasteiger partial charge is 0.410 e. The predicted octanol–water partition coefficient (Wildman–Crippen LogP) is 4.19. The number of ether oxygens (including phenoxy) is 1. The highest BCUT2D eigenvalue weighted by Gasteiger charge is 2.28. The maximum Gasteiger partial charge on any atom is 0.410 e. The van der Waals surface area contributed by atoms with E-state index in [4.69, 9.17) is 4.74 Å². The molecule has 0 atom stereocenters. The number of carbonyl (C=O) groups excluding carboxylic acids is 1. The van der Waals surface area contributed by atoms with Crippen LogP contribution < -0.4 is 0 Å². The lowest BCUT2D eigenvalue weighted by Crippen LogP contribution is -2.41. The Hall–Kier alpha value is -2.57. The molecular weight excluding hydrogens is 322 g/mol. The van der Waals surface area contributed by atoms with E-state index in [0.29, 0.717) is 13.1 Å². The summed E-state index contributed by atoms with van der Waals surface area (Å²) in [6.07, 6.45) is 3.28. The Balaban J connectivity index is 1.73. The van der Waals surface area contributed by atoms with Crippen molar-refractivity contribution in [3.63, 3.8) is 0 Å². The first kappa shape index (κ1) is 17.3. The number of fused-ring (bicyclic) bond motifs is 1. The second kappa shape index (κ2) is 6.38. The fourth-order valence-corrected chi connectivity index (χ4v) is 3.28. The van der Waals surface area contributed by atoms with Gasteiger partial charge in [0.1, 0.15) is 5.60 Å². The number of aromatic nitrogens is 1. The molecule has 1 aromatic carbocycles. The SMILES string of the molecule is CC(C)(C)OC(=O)N1CCC(c2c[nH]c3ccc([N+](=O)[O-])cc23)CC1. The highest BCUT2D eigenvalue weighted by atomic mass is 16.6. The van der Waals surface area contributed by atoms with Crippen LogP contribution >= 0.6 is 0 Å². The first-order valence-corrected chi connectivity index (χ1v) is 8.48. The van der Waals surface area contributed by atoms with Crippen LogP contribution in [0.2, 0.25) is 0 Å². The van der Waals surface area contributed by atoms with Gasteiger partial charge in [-0.2, -0.15) is 0 Å². The Morgan fingerprint density at radius 1 is 1.32 bits per heavy atom. The van der Waals surface area contributed by atoms with Crippen LogP contribution in [-0.4, -0.2) is 39.6 Å². The Morgan fingerprint density at radius 2 is 2.00 bits per heavy atom. The summed E-state index contributed by atoms with van der Waals surface area (Å²) in [6, 6.07) is 4.88. The lowest BCUT2D eigenvalue weighted by molar-refractivity contribution is -0.384. The molecule has 2 aromatic rings. The molecule has 0 unspecified atom stereocenters. The molecule has 0 bridgehead atoms. The number of non-ortho nitro benzene ring substituents is 1. The minimum absolute atomic E-state index is 0.0968. The van der Waals surface area contributed by atoms with Gasteiger partial charge in [0.15, 0.2) is 0 Å². The summed E-state index contributed by atoms with van der Waals surface area (Å²) in [5, 5.41) is 11.9. The largest absolute Gasteiger partial charge is 0.444 e. The summed E-state index contributed by atoms with van der Waals surface area (Å²) in [4.78, 5) is 27.7. The van der Waals surface area contributed by atoms with Gasteiger partial charge in [0.05, 0.1) is 4.92 Å². The number of carbonyl (C=O) groups is 1. The molecule has 2 heterocycles. The van der Waals surface area contributed by atoms with Crippen molar-refractivity contribution in [1.29, 1.82) is 0 Å². The van der Waals surface area contributed by atoms with Crippen molar-refractivity contribution in [2.45, 2.75) is 45.1 Å². The standard InChI is InChI=1S/C18H23N3O4/c1-18(2,3)25-17(22)20-8-6-12(7-9-20)15-11-19-16-5-4-13(21(23)24)10-14(15)16/h4-5,10-12,19H,6-9H2,1-3H3. The van der Waals surface area contributed by atoms with Crippen molar-refractivity contribution in [3.8, 4) is 0 Å². The number of benzene rings is 1. The molecule has 3 rings (SSSR count). The average Bonchev–Trinajstić information content (AvgIpc) is 2.96. The normalized spacial score (nSPS) is 16.2. The van der Waals surface area contributed by atoms with E-state index in [-0.39, 0.29) is 22.6 Å². The van der Waals surface area contributed by atoms with Gasteiger partial charge in [0.25, 0.3) is 5.69 Å². The molecule has 7 nitrogen and oxygen atoms in total. The number of nitrogens with zero attached hydrogens (tertiary/aromatic N) is 2. The average molecular weight is 345 g/mol. The van der Waals surface area contributed by atoms with Gasteiger partial charge < -0.3 is 14.6 Å². The number of hydrogen-bond donors (Lipinski definition) is 1. The molecule has 1 N–H and O–H groups in total. The van der Waals surface area contributed by atoms with Crippen molar-refractivity contribution in [1.82, 2.24) is 9.88 Å². The second-order valence-corrected chi connectivity index (χ2v) is 7.47. The number of amides is 1. The summed E-state index contributed by atoms with van der Waals surface area (Å²) in [5.41, 5.74) is 1.58. The van der Waals surface area contributed by atoms with Crippen LogP contribution in [0.5, 0.6) is 0 Å². The van der Waals surface area contributed by atoms with E-state index in [0.717, 1.165) is 29.3 Å². The van der Waals surface area contributed by atoms with Crippen molar-refractivity contribution >= 4 is 22.7 Å². The number of H-pyrrole nitrogens is 1. The van der Waals surface area contributed by atoms with Crippen molar-refractivity contribution in [2.75, 3.05) is 13.1 Å². The quantitative estimate of drug-likeness (QED) is 0.653. The molecule has 25 heavy (non-hydrogen) atoms. The van der Waals surface area contributed by atoms with Crippen LogP contribution in [0.15, 0.2) is 24.4 Å². The number of nitro benzene ring substituents is 1. The third-order valence-corrected chi connectivity index (χ3v) is 4.49. The zero-order chi connectivity index (χ0) is 18.2. The Morgan fingerprint density at radius 3 is 2.60 bits per heavy atom. The van der Waals surface area contributed by atoms with Gasteiger partial charge in [-0.1, -0.05) is 0 Å². The highest BCUT2D eigenvalue weighted by molar-refractivity contribution is 5.86. The lowest BCUT2D eigenvalue weighted by atomic mass is 9.89. The number of hydrogen-bond acceptors (Lipinski definition) is 4. The molecule has 7 heteroatoms. The number of nitro groups is 1. The summed E-state index contributed by atoms with van der Waals surface area (Å²) in [7, 11) is 0. The molecule has 0 saturated carbocycles. The highest BCUT2D eigenvalue weighted by Crippen LogP contribution is 2.34. The first-order valence-electron chi connectivity index (χ1n) is 8.48. The van der Waals surface area contributed by atoms with E-state index in [1.165, 1.54) is 6.07 Å². The zero-order valence-electron chi connectivity index (χ0n) is 14.7. The molecule has 1 aliphatic rings. The molecule has 1 aliphatic heterocycles. The zero-order valence-corrected chi connectivity index (χ0v) is 14.7. The summed E-state index contributed by atoms with van der Waals surface area (Å²) >= 11 is 0. The first-order chi connectivity index (χ1) is 11.7. The van der Waals surface area contributed by atoms with Crippen LogP contribution in [0.1, 0.15) is 45.1 Å². The lowest BCUT2D eigenvalue weighted by Gasteiger charge is -2.33. The summed E-state index contributed by atoms with van der Waals surface area (Å²) in [6.45, 7) is 6.83. The minimum atomic E-state index is -0.496. The van der Waals surface area contributed by atoms with Gasteiger partial charge >= 0.3 is 6.09 Å². The van der Waals surface area contributed by atoms with E-state index >= 15 is 0 Å². The van der Waals surface area contributed by atoms with Gasteiger partial charge in [0.2, 0.25) is 0 Å². The molecule has 134 valence electrons. The molecule has 1 fully saturated rings. The van der Waals surface area contributed by atoms with Crippen LogP contribution in [0.25, 0.3) is 10.9 Å². The molecule has 1 amide bonds.